The van der Waals surface area contributed by atoms with Crippen LogP contribution in [0.3, 0.4) is 0 Å². The largest absolute Gasteiger partial charge is 0.360 e. The number of rotatable bonds is 5. The molecule has 29 heavy (non-hydrogen) atoms. The molecule has 0 bridgehead atoms. The minimum Gasteiger partial charge on any atom is -0.360 e. The van der Waals surface area contributed by atoms with Crippen molar-refractivity contribution in [2.24, 2.45) is 0 Å². The normalized spacial score (nSPS) is 21.1. The summed E-state index contributed by atoms with van der Waals surface area (Å²) >= 11 is 0. The summed E-state index contributed by atoms with van der Waals surface area (Å²) in [6.07, 6.45) is 2.83. The first-order valence-corrected chi connectivity index (χ1v) is 10.9. The number of ether oxygens (including phenoxy) is 1. The molecular weight excluding hydrogens is 408 g/mol. The molecule has 0 radical (unpaired) electrons. The molecule has 1 aliphatic carbocycles. The number of benzene rings is 1. The third-order valence-corrected chi connectivity index (χ3v) is 6.87. The number of hydrogen-bond acceptors (Lipinski definition) is 5. The van der Waals surface area contributed by atoms with Gasteiger partial charge >= 0.3 is 11.8 Å². The monoisotopic (exact) mass is 431 g/mol. The van der Waals surface area contributed by atoms with Crippen LogP contribution in [0.2, 0.25) is 0 Å². The van der Waals surface area contributed by atoms with Crippen molar-refractivity contribution in [3.05, 3.63) is 29.8 Å². The minimum atomic E-state index is -4.41. The second kappa shape index (κ2) is 9.14. The summed E-state index contributed by atoms with van der Waals surface area (Å²) in [5.74, 6) is -3.68. The fraction of sp³-hybridized carbons (Fsp3) is 0.556. The Hall–Kier alpha value is -2.11. The summed E-state index contributed by atoms with van der Waals surface area (Å²) in [4.78, 5) is 23.2. The maximum atomic E-state index is 14.0. The summed E-state index contributed by atoms with van der Waals surface area (Å²) in [7, 11) is -4.41. The van der Waals surface area contributed by atoms with Gasteiger partial charge in [-0.05, 0) is 37.5 Å². The van der Waals surface area contributed by atoms with E-state index in [1.54, 1.807) is 0 Å². The highest BCUT2D eigenvalue weighted by Crippen LogP contribution is 2.25. The summed E-state index contributed by atoms with van der Waals surface area (Å²) < 4.78 is 59.4. The highest BCUT2D eigenvalue weighted by Gasteiger charge is 2.36. The lowest BCUT2D eigenvalue weighted by atomic mass is 10.2. The molecule has 1 aromatic carbocycles. The van der Waals surface area contributed by atoms with Gasteiger partial charge in [0.05, 0.1) is 13.2 Å². The van der Waals surface area contributed by atoms with E-state index in [2.05, 4.69) is 10.6 Å². The zero-order valence-electron chi connectivity index (χ0n) is 15.7. The van der Waals surface area contributed by atoms with Crippen molar-refractivity contribution in [3.8, 4) is 0 Å². The Kier molecular flexibility index (Phi) is 6.81. The zero-order chi connectivity index (χ0) is 21.0. The summed E-state index contributed by atoms with van der Waals surface area (Å²) in [5, 5.41) is 4.99. The SMILES string of the molecule is O=C(NC[C@H]1OCCCN1S(=O)(=O)c1cc(F)ccc1F)C(=O)NC1CCCC1. The molecule has 1 saturated heterocycles. The Bertz CT molecular complexity index is 874. The number of sulfonamides is 1. The molecule has 8 nitrogen and oxygen atoms in total. The lowest BCUT2D eigenvalue weighted by molar-refractivity contribution is -0.140. The van der Waals surface area contributed by atoms with Crippen molar-refractivity contribution in [2.45, 2.75) is 49.3 Å². The highest BCUT2D eigenvalue weighted by atomic mass is 32.2. The van der Waals surface area contributed by atoms with Crippen LogP contribution in [0.15, 0.2) is 23.1 Å². The van der Waals surface area contributed by atoms with Crippen molar-refractivity contribution >= 4 is 21.8 Å². The van der Waals surface area contributed by atoms with E-state index in [0.717, 1.165) is 42.1 Å². The van der Waals surface area contributed by atoms with Crippen LogP contribution in [-0.4, -0.2) is 56.5 Å². The maximum Gasteiger partial charge on any atom is 0.309 e. The van der Waals surface area contributed by atoms with Crippen LogP contribution >= 0.6 is 0 Å². The van der Waals surface area contributed by atoms with Crippen LogP contribution in [0.1, 0.15) is 32.1 Å². The van der Waals surface area contributed by atoms with Gasteiger partial charge < -0.3 is 15.4 Å². The molecule has 1 heterocycles. The maximum absolute atomic E-state index is 14.0. The van der Waals surface area contributed by atoms with Gasteiger partial charge in [0.2, 0.25) is 10.0 Å². The molecule has 1 saturated carbocycles. The summed E-state index contributed by atoms with van der Waals surface area (Å²) in [6, 6.07) is 2.12. The lowest BCUT2D eigenvalue weighted by Crippen LogP contribution is -2.53. The van der Waals surface area contributed by atoms with Gasteiger partial charge in [0.15, 0.2) is 0 Å². The molecule has 0 aromatic heterocycles. The van der Waals surface area contributed by atoms with E-state index in [1.165, 1.54) is 0 Å². The van der Waals surface area contributed by atoms with Crippen LogP contribution in [-0.2, 0) is 24.3 Å². The van der Waals surface area contributed by atoms with Gasteiger partial charge in [-0.15, -0.1) is 0 Å². The van der Waals surface area contributed by atoms with Gasteiger partial charge in [0, 0.05) is 12.6 Å². The molecule has 2 N–H and O–H groups in total. The van der Waals surface area contributed by atoms with E-state index in [0.29, 0.717) is 12.5 Å². The first-order chi connectivity index (χ1) is 13.8. The van der Waals surface area contributed by atoms with E-state index in [4.69, 9.17) is 4.74 Å². The highest BCUT2D eigenvalue weighted by molar-refractivity contribution is 7.89. The number of carbonyl (C=O) groups excluding carboxylic acids is 2. The van der Waals surface area contributed by atoms with Gasteiger partial charge in [0.1, 0.15) is 22.8 Å². The number of hydrogen-bond donors (Lipinski definition) is 2. The molecule has 0 spiro atoms. The average molecular weight is 431 g/mol. The third-order valence-electron chi connectivity index (χ3n) is 4.97. The fourth-order valence-corrected chi connectivity index (χ4v) is 5.13. The number of nitrogens with one attached hydrogen (secondary N) is 2. The Balaban J connectivity index is 1.67. The van der Waals surface area contributed by atoms with E-state index in [-0.39, 0.29) is 25.7 Å². The number of nitrogens with zero attached hydrogens (tertiary/aromatic N) is 1. The quantitative estimate of drug-likeness (QED) is 0.674. The van der Waals surface area contributed by atoms with Crippen molar-refractivity contribution in [2.75, 3.05) is 19.7 Å². The number of amides is 2. The standard InChI is InChI=1S/C18H23F2N3O5S/c19-12-6-7-14(20)15(10-12)29(26,27)23-8-3-9-28-16(23)11-21-17(24)18(25)22-13-4-1-2-5-13/h6-7,10,13,16H,1-5,8-9,11H2,(H,21,24)(H,22,25)/t16-/m1/s1. The Morgan fingerprint density at radius 3 is 2.59 bits per heavy atom. The molecule has 1 atom stereocenters. The van der Waals surface area contributed by atoms with Crippen LogP contribution in [0.4, 0.5) is 8.78 Å². The minimum absolute atomic E-state index is 0.00704. The number of halogens is 2. The molecule has 1 aliphatic heterocycles. The van der Waals surface area contributed by atoms with E-state index < -0.39 is 44.6 Å². The first kappa shape index (κ1) is 21.6. The molecule has 2 aliphatic rings. The molecule has 1 aromatic rings. The molecular formula is C18H23F2N3O5S. The molecule has 3 rings (SSSR count). The van der Waals surface area contributed by atoms with Crippen molar-refractivity contribution in [1.29, 1.82) is 0 Å². The van der Waals surface area contributed by atoms with Gasteiger partial charge in [-0.2, -0.15) is 4.31 Å². The van der Waals surface area contributed by atoms with Gasteiger partial charge in [-0.25, -0.2) is 17.2 Å². The second-order valence-electron chi connectivity index (χ2n) is 7.03. The molecule has 2 amide bonds. The van der Waals surface area contributed by atoms with Crippen LogP contribution in [0.25, 0.3) is 0 Å². The smallest absolute Gasteiger partial charge is 0.309 e. The van der Waals surface area contributed by atoms with Gasteiger partial charge in [-0.1, -0.05) is 12.8 Å². The molecule has 11 heteroatoms. The average Bonchev–Trinajstić information content (AvgIpc) is 3.21. The van der Waals surface area contributed by atoms with Gasteiger partial charge in [0.25, 0.3) is 0 Å². The lowest BCUT2D eigenvalue weighted by Gasteiger charge is -2.34. The molecule has 160 valence electrons. The summed E-state index contributed by atoms with van der Waals surface area (Å²) in [5.41, 5.74) is 0. The van der Waals surface area contributed by atoms with E-state index in [9.17, 15) is 26.8 Å². The third kappa shape index (κ3) is 5.09. The second-order valence-corrected chi connectivity index (χ2v) is 8.89. The summed E-state index contributed by atoms with van der Waals surface area (Å²) in [6.45, 7) is -0.0629. The fourth-order valence-electron chi connectivity index (χ4n) is 3.49. The zero-order valence-corrected chi connectivity index (χ0v) is 16.5. The van der Waals surface area contributed by atoms with E-state index in [1.807, 2.05) is 0 Å². The van der Waals surface area contributed by atoms with Crippen molar-refractivity contribution < 1.29 is 31.5 Å². The van der Waals surface area contributed by atoms with E-state index >= 15 is 0 Å². The van der Waals surface area contributed by atoms with Crippen LogP contribution in [0.5, 0.6) is 0 Å². The molecule has 2 fully saturated rings. The Labute approximate surface area is 167 Å². The van der Waals surface area contributed by atoms with Crippen molar-refractivity contribution in [3.63, 3.8) is 0 Å². The first-order valence-electron chi connectivity index (χ1n) is 9.46. The van der Waals surface area contributed by atoms with Crippen LogP contribution < -0.4 is 10.6 Å². The Morgan fingerprint density at radius 1 is 1.14 bits per heavy atom. The number of carbonyl (C=O) groups is 2. The van der Waals surface area contributed by atoms with Gasteiger partial charge in [-0.3, -0.25) is 9.59 Å². The van der Waals surface area contributed by atoms with Crippen LogP contribution in [0, 0.1) is 11.6 Å². The molecule has 0 unspecified atom stereocenters. The predicted octanol–water partition coefficient (Wildman–Crippen LogP) is 0.877. The van der Waals surface area contributed by atoms with Crippen molar-refractivity contribution in [1.82, 2.24) is 14.9 Å². The predicted molar refractivity (Wildman–Crippen MR) is 98.0 cm³/mol. The topological polar surface area (TPSA) is 105 Å². The Morgan fingerprint density at radius 2 is 1.86 bits per heavy atom.